The van der Waals surface area contributed by atoms with Crippen molar-refractivity contribution >= 4 is 15.7 Å². The molecule has 5 heteroatoms. The highest BCUT2D eigenvalue weighted by atomic mass is 32.2. The Morgan fingerprint density at radius 3 is 2.85 bits per heavy atom. The van der Waals surface area contributed by atoms with Gasteiger partial charge in [0.2, 0.25) is 0 Å². The lowest BCUT2D eigenvalue weighted by Crippen LogP contribution is -2.28. The lowest BCUT2D eigenvalue weighted by Gasteiger charge is -2.24. The first-order valence-corrected chi connectivity index (χ1v) is 8.85. The Morgan fingerprint density at radius 1 is 1.40 bits per heavy atom. The van der Waals surface area contributed by atoms with Gasteiger partial charge in [-0.05, 0) is 30.2 Å². The van der Waals surface area contributed by atoms with Crippen LogP contribution in [0.25, 0.3) is 0 Å². The Bertz CT molecular complexity index is 611. The molecular formula is C15H19NO3S. The number of carbonyl (C=O) groups is 1. The standard InChI is InChI=1S/C15H19NO3S/c16-20(18)8-4-7-15(11-20)9-13(15)14(17)19-10-12-5-2-1-3-6-12/h1-3,5-6,13,16H,4,7-11H2. The van der Waals surface area contributed by atoms with Gasteiger partial charge in [-0.3, -0.25) is 9.57 Å². The third kappa shape index (κ3) is 2.73. The van der Waals surface area contributed by atoms with Gasteiger partial charge in [0, 0.05) is 21.2 Å². The highest BCUT2D eigenvalue weighted by Gasteiger charge is 2.60. The Morgan fingerprint density at radius 2 is 2.15 bits per heavy atom. The van der Waals surface area contributed by atoms with Crippen LogP contribution >= 0.6 is 0 Å². The maximum Gasteiger partial charge on any atom is 0.309 e. The molecule has 0 radical (unpaired) electrons. The zero-order valence-corrected chi connectivity index (χ0v) is 12.2. The lowest BCUT2D eigenvalue weighted by molar-refractivity contribution is -0.147. The average Bonchev–Trinajstić information content (AvgIpc) is 3.09. The highest BCUT2D eigenvalue weighted by Crippen LogP contribution is 2.59. The summed E-state index contributed by atoms with van der Waals surface area (Å²) >= 11 is 0. The topological polar surface area (TPSA) is 67.2 Å². The van der Waals surface area contributed by atoms with Gasteiger partial charge in [0.1, 0.15) is 6.61 Å². The quantitative estimate of drug-likeness (QED) is 0.871. The molecule has 3 rings (SSSR count). The third-order valence-corrected chi connectivity index (χ3v) is 6.36. The first kappa shape index (κ1) is 13.6. The minimum Gasteiger partial charge on any atom is -0.461 e. The molecule has 1 spiro atoms. The summed E-state index contributed by atoms with van der Waals surface area (Å²) in [4.78, 5) is 12.1. The van der Waals surface area contributed by atoms with Crippen LogP contribution in [0.2, 0.25) is 0 Å². The summed E-state index contributed by atoms with van der Waals surface area (Å²) in [6.45, 7) is 0.294. The molecule has 20 heavy (non-hydrogen) atoms. The summed E-state index contributed by atoms with van der Waals surface area (Å²) in [5, 5.41) is 0. The molecule has 2 fully saturated rings. The van der Waals surface area contributed by atoms with E-state index in [2.05, 4.69) is 0 Å². The van der Waals surface area contributed by atoms with E-state index in [0.29, 0.717) is 18.1 Å². The van der Waals surface area contributed by atoms with E-state index in [1.807, 2.05) is 30.3 Å². The van der Waals surface area contributed by atoms with E-state index >= 15 is 0 Å². The van der Waals surface area contributed by atoms with Gasteiger partial charge in [0.15, 0.2) is 0 Å². The van der Waals surface area contributed by atoms with Gasteiger partial charge >= 0.3 is 5.97 Å². The average molecular weight is 293 g/mol. The summed E-state index contributed by atoms with van der Waals surface area (Å²) in [7, 11) is -2.47. The van der Waals surface area contributed by atoms with Crippen molar-refractivity contribution in [3.8, 4) is 0 Å². The smallest absolute Gasteiger partial charge is 0.309 e. The van der Waals surface area contributed by atoms with E-state index in [9.17, 15) is 9.00 Å². The van der Waals surface area contributed by atoms with Gasteiger partial charge in [0.25, 0.3) is 0 Å². The van der Waals surface area contributed by atoms with Crippen LogP contribution in [0.1, 0.15) is 24.8 Å². The van der Waals surface area contributed by atoms with Crippen molar-refractivity contribution in [1.82, 2.24) is 0 Å². The van der Waals surface area contributed by atoms with Gasteiger partial charge in [-0.25, -0.2) is 4.21 Å². The number of nitrogens with one attached hydrogen (secondary N) is 1. The number of carbonyl (C=O) groups excluding carboxylic acids is 1. The molecule has 3 unspecified atom stereocenters. The second kappa shape index (κ2) is 4.88. The second-order valence-electron chi connectivity index (χ2n) is 5.98. The van der Waals surface area contributed by atoms with E-state index in [-0.39, 0.29) is 17.3 Å². The van der Waals surface area contributed by atoms with E-state index in [1.54, 1.807) is 0 Å². The van der Waals surface area contributed by atoms with Crippen molar-refractivity contribution in [2.75, 3.05) is 11.5 Å². The number of ether oxygens (including phenoxy) is 1. The minimum atomic E-state index is -2.47. The lowest BCUT2D eigenvalue weighted by atomic mass is 9.99. The molecule has 1 saturated carbocycles. The Balaban J connectivity index is 1.58. The number of benzene rings is 1. The zero-order valence-electron chi connectivity index (χ0n) is 11.3. The molecule has 0 bridgehead atoms. The van der Waals surface area contributed by atoms with Crippen LogP contribution in [0.15, 0.2) is 30.3 Å². The van der Waals surface area contributed by atoms with Crippen molar-refractivity contribution in [2.24, 2.45) is 11.3 Å². The Kier molecular flexibility index (Phi) is 3.32. The first-order valence-electron chi connectivity index (χ1n) is 6.96. The van der Waals surface area contributed by atoms with Crippen molar-refractivity contribution in [3.05, 3.63) is 35.9 Å². The maximum atomic E-state index is 12.1. The molecule has 1 heterocycles. The van der Waals surface area contributed by atoms with E-state index in [4.69, 9.17) is 9.52 Å². The van der Waals surface area contributed by atoms with Crippen LogP contribution in [-0.4, -0.2) is 21.7 Å². The maximum absolute atomic E-state index is 12.1. The van der Waals surface area contributed by atoms with E-state index in [1.165, 1.54) is 0 Å². The zero-order chi connectivity index (χ0) is 14.2. The van der Waals surface area contributed by atoms with Crippen molar-refractivity contribution < 1.29 is 13.7 Å². The van der Waals surface area contributed by atoms with E-state index < -0.39 is 9.73 Å². The second-order valence-corrected chi connectivity index (χ2v) is 8.30. The van der Waals surface area contributed by atoms with E-state index in [0.717, 1.165) is 24.8 Å². The fourth-order valence-corrected chi connectivity index (χ4v) is 5.36. The molecule has 1 aliphatic heterocycles. The molecule has 0 aromatic heterocycles. The van der Waals surface area contributed by atoms with Crippen LogP contribution in [0.5, 0.6) is 0 Å². The van der Waals surface area contributed by atoms with Gasteiger partial charge in [-0.2, -0.15) is 0 Å². The molecule has 3 atom stereocenters. The molecule has 108 valence electrons. The first-order chi connectivity index (χ1) is 9.51. The number of esters is 1. The third-order valence-electron chi connectivity index (χ3n) is 4.37. The van der Waals surface area contributed by atoms with Gasteiger partial charge in [-0.15, -0.1) is 0 Å². The molecule has 0 amide bonds. The SMILES string of the molecule is N=S1(=O)CCCC2(CC2C(=O)OCc2ccccc2)C1. The van der Waals surface area contributed by atoms with Crippen LogP contribution < -0.4 is 0 Å². The fraction of sp³-hybridized carbons (Fsp3) is 0.533. The fourth-order valence-electron chi connectivity index (χ4n) is 3.21. The number of hydrogen-bond acceptors (Lipinski definition) is 4. The van der Waals surface area contributed by atoms with Crippen molar-refractivity contribution in [3.63, 3.8) is 0 Å². The Labute approximate surface area is 119 Å². The highest BCUT2D eigenvalue weighted by molar-refractivity contribution is 7.92. The predicted octanol–water partition coefficient (Wildman–Crippen LogP) is 2.58. The summed E-state index contributed by atoms with van der Waals surface area (Å²) in [5.74, 6) is 0.537. The summed E-state index contributed by atoms with van der Waals surface area (Å²) in [6.07, 6.45) is 2.45. The van der Waals surface area contributed by atoms with Crippen LogP contribution in [-0.2, 0) is 25.9 Å². The van der Waals surface area contributed by atoms with Crippen LogP contribution in [0, 0.1) is 16.1 Å². The predicted molar refractivity (Wildman–Crippen MR) is 76.6 cm³/mol. The molecular weight excluding hydrogens is 274 g/mol. The molecule has 1 aromatic carbocycles. The Hall–Kier alpha value is -1.36. The molecule has 1 aliphatic carbocycles. The number of hydrogen-bond donors (Lipinski definition) is 1. The summed E-state index contributed by atoms with van der Waals surface area (Å²) in [6, 6.07) is 9.60. The normalized spacial score (nSPS) is 35.7. The molecule has 1 aromatic rings. The van der Waals surface area contributed by atoms with Crippen molar-refractivity contribution in [2.45, 2.75) is 25.9 Å². The largest absolute Gasteiger partial charge is 0.461 e. The van der Waals surface area contributed by atoms with Gasteiger partial charge < -0.3 is 4.74 Å². The summed E-state index contributed by atoms with van der Waals surface area (Å²) < 4.78 is 25.0. The molecule has 4 nitrogen and oxygen atoms in total. The van der Waals surface area contributed by atoms with Gasteiger partial charge in [0.05, 0.1) is 5.92 Å². The number of rotatable bonds is 3. The van der Waals surface area contributed by atoms with Crippen LogP contribution in [0.3, 0.4) is 0 Å². The van der Waals surface area contributed by atoms with Gasteiger partial charge in [-0.1, -0.05) is 30.3 Å². The molecule has 1 saturated heterocycles. The van der Waals surface area contributed by atoms with Crippen molar-refractivity contribution in [1.29, 1.82) is 4.78 Å². The molecule has 1 N–H and O–H groups in total. The van der Waals surface area contributed by atoms with Crippen LogP contribution in [0.4, 0.5) is 0 Å². The molecule has 2 aliphatic rings. The summed E-state index contributed by atoms with van der Waals surface area (Å²) in [5.41, 5.74) is 0.786. The minimum absolute atomic E-state index is 0.141. The monoisotopic (exact) mass is 293 g/mol.